The fourth-order valence-electron chi connectivity index (χ4n) is 3.91. The van der Waals surface area contributed by atoms with E-state index in [4.69, 9.17) is 10.5 Å². The van der Waals surface area contributed by atoms with Crippen LogP contribution in [0.4, 0.5) is 5.95 Å². The molecule has 0 fully saturated rings. The molecule has 0 bridgehead atoms. The highest BCUT2D eigenvalue weighted by Crippen LogP contribution is 2.28. The van der Waals surface area contributed by atoms with Gasteiger partial charge in [0.1, 0.15) is 22.6 Å². The lowest BCUT2D eigenvalue weighted by atomic mass is 10.0. The summed E-state index contributed by atoms with van der Waals surface area (Å²) in [5.74, 6) is 0.824. The van der Waals surface area contributed by atoms with Crippen molar-refractivity contribution in [2.75, 3.05) is 12.8 Å². The van der Waals surface area contributed by atoms with Gasteiger partial charge in [-0.25, -0.2) is 9.67 Å². The average molecular weight is 622 g/mol. The molecule has 0 radical (unpaired) electrons. The standard InChI is InChI=1S/C20H21N7O2.C9H12BrNO/c1-20(2,28)15-9-5-7-13(22-15)11-27-18-17(25-26-27)16(23-19(21)24-18)12-6-4-8-14(10-12)29-3;1-9(2,12)8-5-3-4-7(6-10)11-8/h4-10,28H,11H2,1-3H3,(H2,21,23,24);3-5,12H,6H2,1-2H3. The lowest BCUT2D eigenvalue weighted by Crippen LogP contribution is -2.18. The summed E-state index contributed by atoms with van der Waals surface area (Å²) in [7, 11) is 1.61. The first-order valence-corrected chi connectivity index (χ1v) is 14.0. The molecule has 0 atom stereocenters. The molecule has 41 heavy (non-hydrogen) atoms. The Morgan fingerprint density at radius 2 is 1.46 bits per heavy atom. The summed E-state index contributed by atoms with van der Waals surface area (Å²) in [5.41, 5.74) is 9.44. The number of aliphatic hydroxyl groups is 2. The predicted octanol–water partition coefficient (Wildman–Crippen LogP) is 4.35. The summed E-state index contributed by atoms with van der Waals surface area (Å²) < 4.78 is 6.92. The molecular weight excluding hydrogens is 588 g/mol. The Kier molecular flexibility index (Phi) is 8.95. The van der Waals surface area contributed by atoms with Gasteiger partial charge < -0.3 is 20.7 Å². The third-order valence-electron chi connectivity index (χ3n) is 6.04. The van der Waals surface area contributed by atoms with Crippen LogP contribution in [0.2, 0.25) is 0 Å². The van der Waals surface area contributed by atoms with Crippen molar-refractivity contribution in [3.05, 3.63) is 83.4 Å². The minimum atomic E-state index is -1.04. The van der Waals surface area contributed by atoms with Gasteiger partial charge in [-0.1, -0.05) is 45.4 Å². The van der Waals surface area contributed by atoms with Gasteiger partial charge in [0.25, 0.3) is 0 Å². The molecular formula is C29H33BrN8O3. The van der Waals surface area contributed by atoms with Crippen molar-refractivity contribution in [1.29, 1.82) is 0 Å². The van der Waals surface area contributed by atoms with Crippen LogP contribution in [0.3, 0.4) is 0 Å². The number of ether oxygens (including phenoxy) is 1. The van der Waals surface area contributed by atoms with Crippen molar-refractivity contribution in [2.24, 2.45) is 0 Å². The maximum absolute atomic E-state index is 10.2. The van der Waals surface area contributed by atoms with E-state index >= 15 is 0 Å². The third kappa shape index (κ3) is 7.40. The number of fused-ring (bicyclic) bond motifs is 1. The van der Waals surface area contributed by atoms with Crippen LogP contribution >= 0.6 is 15.9 Å². The van der Waals surface area contributed by atoms with Gasteiger partial charge in [0.15, 0.2) is 11.2 Å². The summed E-state index contributed by atoms with van der Waals surface area (Å²) in [6.45, 7) is 7.17. The van der Waals surface area contributed by atoms with Crippen molar-refractivity contribution in [3.63, 3.8) is 0 Å². The van der Waals surface area contributed by atoms with Crippen LogP contribution in [-0.4, -0.2) is 52.3 Å². The van der Waals surface area contributed by atoms with E-state index < -0.39 is 11.2 Å². The van der Waals surface area contributed by atoms with Gasteiger partial charge in [-0.3, -0.25) is 9.97 Å². The Hall–Kier alpha value is -4.00. The second-order valence-electron chi connectivity index (χ2n) is 10.4. The highest BCUT2D eigenvalue weighted by molar-refractivity contribution is 9.08. The van der Waals surface area contributed by atoms with E-state index in [0.717, 1.165) is 22.3 Å². The van der Waals surface area contributed by atoms with Gasteiger partial charge >= 0.3 is 0 Å². The highest BCUT2D eigenvalue weighted by atomic mass is 79.9. The number of alkyl halides is 1. The molecule has 0 spiro atoms. The van der Waals surface area contributed by atoms with Crippen molar-refractivity contribution >= 4 is 33.0 Å². The van der Waals surface area contributed by atoms with Crippen LogP contribution in [0.1, 0.15) is 50.5 Å². The number of nitrogens with two attached hydrogens (primary N) is 1. The van der Waals surface area contributed by atoms with Crippen molar-refractivity contribution in [1.82, 2.24) is 34.9 Å². The molecule has 0 aliphatic heterocycles. The van der Waals surface area contributed by atoms with Gasteiger partial charge in [0, 0.05) is 10.9 Å². The van der Waals surface area contributed by atoms with Gasteiger partial charge in [-0.05, 0) is 64.1 Å². The predicted molar refractivity (Wildman–Crippen MR) is 160 cm³/mol. The number of benzene rings is 1. The average Bonchev–Trinajstić information content (AvgIpc) is 3.34. The molecule has 5 rings (SSSR count). The van der Waals surface area contributed by atoms with Crippen LogP contribution in [0.15, 0.2) is 60.7 Å². The largest absolute Gasteiger partial charge is 0.497 e. The van der Waals surface area contributed by atoms with Crippen LogP contribution in [0.25, 0.3) is 22.4 Å². The molecule has 0 saturated heterocycles. The summed E-state index contributed by atoms with van der Waals surface area (Å²) in [4.78, 5) is 17.5. The quantitative estimate of drug-likeness (QED) is 0.223. The molecule has 0 saturated carbocycles. The Labute approximate surface area is 246 Å². The molecule has 4 aromatic heterocycles. The molecule has 4 N–H and O–H groups in total. The first-order chi connectivity index (χ1) is 19.4. The van der Waals surface area contributed by atoms with E-state index in [-0.39, 0.29) is 5.95 Å². The molecule has 1 aromatic carbocycles. The lowest BCUT2D eigenvalue weighted by Gasteiger charge is -2.17. The van der Waals surface area contributed by atoms with Gasteiger partial charge in [0.05, 0.1) is 36.4 Å². The van der Waals surface area contributed by atoms with Crippen molar-refractivity contribution in [2.45, 2.75) is 50.8 Å². The third-order valence-corrected chi connectivity index (χ3v) is 6.61. The Morgan fingerprint density at radius 3 is 2.07 bits per heavy atom. The van der Waals surface area contributed by atoms with Crippen LogP contribution in [0, 0.1) is 0 Å². The van der Waals surface area contributed by atoms with E-state index in [0.29, 0.717) is 40.5 Å². The number of aromatic nitrogens is 7. The number of nitrogens with zero attached hydrogens (tertiary/aromatic N) is 7. The van der Waals surface area contributed by atoms with Crippen molar-refractivity contribution in [3.8, 4) is 17.0 Å². The maximum Gasteiger partial charge on any atom is 0.222 e. The number of halogens is 1. The SMILES string of the molecule is CC(C)(O)c1cccc(CBr)n1.COc1cccc(-c2nc(N)nc3c2nnn3Cc2cccc(C(C)(C)O)n2)c1. The van der Waals surface area contributed by atoms with Crippen LogP contribution in [0.5, 0.6) is 5.75 Å². The molecule has 0 aliphatic carbocycles. The van der Waals surface area contributed by atoms with E-state index in [2.05, 4.69) is 46.2 Å². The van der Waals surface area contributed by atoms with Crippen LogP contribution < -0.4 is 10.5 Å². The first-order valence-electron chi connectivity index (χ1n) is 12.8. The van der Waals surface area contributed by atoms with E-state index in [1.54, 1.807) is 45.6 Å². The number of anilines is 1. The molecule has 214 valence electrons. The number of hydrogen-bond donors (Lipinski definition) is 3. The fourth-order valence-corrected chi connectivity index (χ4v) is 4.22. The van der Waals surface area contributed by atoms with Crippen molar-refractivity contribution < 1.29 is 14.9 Å². The number of methoxy groups -OCH3 is 1. The molecule has 0 amide bonds. The molecule has 0 unspecified atom stereocenters. The molecule has 5 aromatic rings. The zero-order valence-electron chi connectivity index (χ0n) is 23.6. The zero-order valence-corrected chi connectivity index (χ0v) is 25.2. The Balaban J connectivity index is 0.000000271. The van der Waals surface area contributed by atoms with Crippen LogP contribution in [-0.2, 0) is 23.1 Å². The molecule has 11 nitrogen and oxygen atoms in total. The molecule has 12 heteroatoms. The monoisotopic (exact) mass is 620 g/mol. The minimum absolute atomic E-state index is 0.122. The van der Waals surface area contributed by atoms with E-state index in [1.807, 2.05) is 54.6 Å². The molecule has 4 heterocycles. The number of nitrogen functional groups attached to an aromatic ring is 1. The fraction of sp³-hybridized carbons (Fsp3) is 0.310. The Morgan fingerprint density at radius 1 is 0.854 bits per heavy atom. The number of pyridine rings is 2. The zero-order chi connectivity index (χ0) is 29.8. The topological polar surface area (TPSA) is 158 Å². The highest BCUT2D eigenvalue weighted by Gasteiger charge is 2.20. The number of rotatable bonds is 7. The van der Waals surface area contributed by atoms with Gasteiger partial charge in [0.2, 0.25) is 5.95 Å². The van der Waals surface area contributed by atoms with Gasteiger partial charge in [-0.15, -0.1) is 5.10 Å². The second-order valence-corrected chi connectivity index (χ2v) is 10.9. The summed E-state index contributed by atoms with van der Waals surface area (Å²) in [6.07, 6.45) is 0. The summed E-state index contributed by atoms with van der Waals surface area (Å²) in [5, 5.41) is 29.1. The molecule has 0 aliphatic rings. The number of hydrogen-bond acceptors (Lipinski definition) is 10. The maximum atomic E-state index is 10.2. The summed E-state index contributed by atoms with van der Waals surface area (Å²) >= 11 is 3.31. The smallest absolute Gasteiger partial charge is 0.222 e. The second kappa shape index (κ2) is 12.2. The van der Waals surface area contributed by atoms with Gasteiger partial charge in [-0.2, -0.15) is 4.98 Å². The normalized spacial score (nSPS) is 11.7. The summed E-state index contributed by atoms with van der Waals surface area (Å²) in [6, 6.07) is 18.6. The Bertz CT molecular complexity index is 1640. The first kappa shape index (κ1) is 30.0. The van der Waals surface area contributed by atoms with E-state index in [9.17, 15) is 10.2 Å². The lowest BCUT2D eigenvalue weighted by molar-refractivity contribution is 0.0731. The minimum Gasteiger partial charge on any atom is -0.497 e. The van der Waals surface area contributed by atoms with E-state index in [1.165, 1.54) is 0 Å².